The summed E-state index contributed by atoms with van der Waals surface area (Å²) >= 11 is 5.95. The van der Waals surface area contributed by atoms with Crippen LogP contribution in [0.1, 0.15) is 16.1 Å². The lowest BCUT2D eigenvalue weighted by molar-refractivity contribution is 0.0601. The third-order valence-electron chi connectivity index (χ3n) is 3.86. The second kappa shape index (κ2) is 8.54. The van der Waals surface area contributed by atoms with E-state index in [1.807, 2.05) is 0 Å². The fraction of sp³-hybridized carbons (Fsp3) is 0.0526. The number of ether oxygens (including phenoxy) is 1. The van der Waals surface area contributed by atoms with E-state index >= 15 is 0 Å². The molecule has 1 aromatic heterocycles. The molecule has 5 nitrogen and oxygen atoms in total. The molecule has 0 spiro atoms. The van der Waals surface area contributed by atoms with Gasteiger partial charge in [0.2, 0.25) is 5.82 Å². The quantitative estimate of drug-likeness (QED) is 0.140. The summed E-state index contributed by atoms with van der Waals surface area (Å²) < 4.78 is 76.6. The van der Waals surface area contributed by atoms with Gasteiger partial charge in [0.15, 0.2) is 23.3 Å². The third-order valence-corrected chi connectivity index (χ3v) is 4.19. The molecule has 0 bridgehead atoms. The van der Waals surface area contributed by atoms with Gasteiger partial charge in [-0.1, -0.05) is 11.6 Å². The van der Waals surface area contributed by atoms with Gasteiger partial charge in [-0.25, -0.2) is 26.7 Å². The number of carbonyl (C=O) groups excluding carboxylic acids is 1. The van der Waals surface area contributed by atoms with Gasteiger partial charge in [-0.2, -0.15) is 5.10 Å². The van der Waals surface area contributed by atoms with Crippen LogP contribution in [0.5, 0.6) is 0 Å². The van der Waals surface area contributed by atoms with Crippen molar-refractivity contribution in [3.8, 4) is 11.3 Å². The highest BCUT2D eigenvalue weighted by Gasteiger charge is 2.25. The number of hydrogen-bond donors (Lipinski definition) is 1. The largest absolute Gasteiger partial charge is 0.465 e. The van der Waals surface area contributed by atoms with E-state index in [9.17, 15) is 26.7 Å². The van der Waals surface area contributed by atoms with Crippen molar-refractivity contribution < 1.29 is 35.9 Å². The molecule has 3 aromatic rings. The van der Waals surface area contributed by atoms with E-state index in [-0.39, 0.29) is 22.1 Å². The second-order valence-corrected chi connectivity index (χ2v) is 6.11. The number of furan rings is 1. The third kappa shape index (κ3) is 3.99. The number of nitrogens with one attached hydrogen (secondary N) is 1. The molecule has 1 N–H and O–H groups in total. The molecule has 0 saturated carbocycles. The maximum absolute atomic E-state index is 13.6. The molecule has 30 heavy (non-hydrogen) atoms. The summed E-state index contributed by atoms with van der Waals surface area (Å²) in [5.41, 5.74) is 1.02. The SMILES string of the molecule is COC(=O)c1cc(-c2ccc(/C=N/Nc3c(F)c(F)c(F)c(F)c3F)o2)ccc1Cl. The Morgan fingerprint density at radius 2 is 1.67 bits per heavy atom. The fourth-order valence-corrected chi connectivity index (χ4v) is 2.58. The molecule has 0 unspecified atom stereocenters. The Bertz CT molecular complexity index is 1130. The van der Waals surface area contributed by atoms with Crippen molar-refractivity contribution in [1.29, 1.82) is 0 Å². The van der Waals surface area contributed by atoms with Gasteiger partial charge in [0.05, 0.1) is 23.9 Å². The highest BCUT2D eigenvalue weighted by Crippen LogP contribution is 2.28. The van der Waals surface area contributed by atoms with Gasteiger partial charge in [-0.05, 0) is 30.3 Å². The van der Waals surface area contributed by atoms with Gasteiger partial charge in [-0.3, -0.25) is 5.43 Å². The maximum atomic E-state index is 13.6. The van der Waals surface area contributed by atoms with E-state index < -0.39 is 40.7 Å². The van der Waals surface area contributed by atoms with Gasteiger partial charge in [-0.15, -0.1) is 0 Å². The van der Waals surface area contributed by atoms with Gasteiger partial charge in [0.25, 0.3) is 0 Å². The molecule has 11 heteroatoms. The first-order valence-electron chi connectivity index (χ1n) is 8.03. The Balaban J connectivity index is 1.82. The average Bonchev–Trinajstić information content (AvgIpc) is 3.22. The summed E-state index contributed by atoms with van der Waals surface area (Å²) in [5, 5.41) is 3.60. The summed E-state index contributed by atoms with van der Waals surface area (Å²) in [6, 6.07) is 7.39. The Hall–Kier alpha value is -3.40. The average molecular weight is 445 g/mol. The van der Waals surface area contributed by atoms with Gasteiger partial charge in [0.1, 0.15) is 17.2 Å². The van der Waals surface area contributed by atoms with Crippen LogP contribution in [0.4, 0.5) is 27.6 Å². The van der Waals surface area contributed by atoms with Crippen LogP contribution in [0.15, 0.2) is 39.9 Å². The Kier molecular flexibility index (Phi) is 6.06. The minimum Gasteiger partial charge on any atom is -0.465 e. The zero-order valence-electron chi connectivity index (χ0n) is 14.9. The summed E-state index contributed by atoms with van der Waals surface area (Å²) in [4.78, 5) is 11.7. The molecule has 0 aliphatic rings. The minimum absolute atomic E-state index is 0.0796. The van der Waals surface area contributed by atoms with Crippen molar-refractivity contribution in [1.82, 2.24) is 0 Å². The number of hydrazone groups is 1. The summed E-state index contributed by atoms with van der Waals surface area (Å²) in [6.07, 6.45) is 0.957. The lowest BCUT2D eigenvalue weighted by Crippen LogP contribution is -2.06. The molecule has 0 aliphatic heterocycles. The Labute approximate surface area is 170 Å². The second-order valence-electron chi connectivity index (χ2n) is 5.70. The molecule has 156 valence electrons. The molecule has 0 aliphatic carbocycles. The first-order chi connectivity index (χ1) is 14.2. The van der Waals surface area contributed by atoms with Crippen molar-refractivity contribution in [2.24, 2.45) is 5.10 Å². The van der Waals surface area contributed by atoms with Crippen LogP contribution in [-0.2, 0) is 4.74 Å². The van der Waals surface area contributed by atoms with Crippen molar-refractivity contribution >= 4 is 29.5 Å². The molecular weight excluding hydrogens is 435 g/mol. The zero-order valence-corrected chi connectivity index (χ0v) is 15.7. The minimum atomic E-state index is -2.27. The normalized spacial score (nSPS) is 11.2. The Morgan fingerprint density at radius 3 is 2.30 bits per heavy atom. The number of carbonyl (C=O) groups is 1. The molecular formula is C19H10ClF5N2O3. The number of esters is 1. The molecule has 0 amide bonds. The van der Waals surface area contributed by atoms with Crippen molar-refractivity contribution in [3.63, 3.8) is 0 Å². The van der Waals surface area contributed by atoms with Crippen molar-refractivity contribution in [3.05, 3.63) is 75.8 Å². The topological polar surface area (TPSA) is 63.8 Å². The lowest BCUT2D eigenvalue weighted by Gasteiger charge is -2.06. The standard InChI is InChI=1S/C19H10ClF5N2O3/c1-29-19(28)10-6-8(2-4-11(10)20)12-5-3-9(30-12)7-26-27-18-16(24)14(22)13(21)15(23)17(18)25/h2-7,27H,1H3/b26-7+. The van der Waals surface area contributed by atoms with E-state index in [4.69, 9.17) is 16.0 Å². The molecule has 0 saturated heterocycles. The highest BCUT2D eigenvalue weighted by molar-refractivity contribution is 6.33. The molecule has 2 aromatic carbocycles. The van der Waals surface area contributed by atoms with Crippen LogP contribution >= 0.6 is 11.6 Å². The van der Waals surface area contributed by atoms with Crippen molar-refractivity contribution in [2.45, 2.75) is 0 Å². The number of halogens is 6. The smallest absolute Gasteiger partial charge is 0.339 e. The molecule has 0 radical (unpaired) electrons. The number of anilines is 1. The van der Waals surface area contributed by atoms with E-state index in [0.717, 1.165) is 6.21 Å². The highest BCUT2D eigenvalue weighted by atomic mass is 35.5. The van der Waals surface area contributed by atoms with Crippen LogP contribution in [0.3, 0.4) is 0 Å². The molecule has 0 atom stereocenters. The lowest BCUT2D eigenvalue weighted by atomic mass is 10.1. The number of hydrogen-bond acceptors (Lipinski definition) is 5. The summed E-state index contributed by atoms with van der Waals surface area (Å²) in [5.74, 6) is -10.9. The first kappa shape index (κ1) is 21.3. The van der Waals surface area contributed by atoms with Crippen LogP contribution in [0.25, 0.3) is 11.3 Å². The van der Waals surface area contributed by atoms with E-state index in [0.29, 0.717) is 5.56 Å². The van der Waals surface area contributed by atoms with Crippen LogP contribution in [-0.4, -0.2) is 19.3 Å². The number of nitrogens with zero attached hydrogens (tertiary/aromatic N) is 1. The van der Waals surface area contributed by atoms with Crippen molar-refractivity contribution in [2.75, 3.05) is 12.5 Å². The number of benzene rings is 2. The van der Waals surface area contributed by atoms with Gasteiger partial charge < -0.3 is 9.15 Å². The zero-order chi connectivity index (χ0) is 22.0. The maximum Gasteiger partial charge on any atom is 0.339 e. The van der Waals surface area contributed by atoms with Gasteiger partial charge >= 0.3 is 5.97 Å². The summed E-state index contributed by atoms with van der Waals surface area (Å²) in [7, 11) is 1.20. The number of methoxy groups -OCH3 is 1. The molecule has 3 rings (SSSR count). The van der Waals surface area contributed by atoms with Gasteiger partial charge in [0, 0.05) is 5.56 Å². The van der Waals surface area contributed by atoms with Crippen LogP contribution in [0.2, 0.25) is 5.02 Å². The Morgan fingerprint density at radius 1 is 1.03 bits per heavy atom. The first-order valence-corrected chi connectivity index (χ1v) is 8.41. The van der Waals surface area contributed by atoms with E-state index in [1.54, 1.807) is 11.5 Å². The number of rotatable bonds is 5. The van der Waals surface area contributed by atoms with Crippen LogP contribution < -0.4 is 5.43 Å². The van der Waals surface area contributed by atoms with E-state index in [2.05, 4.69) is 9.84 Å². The predicted octanol–water partition coefficient (Wildman–Crippen LogP) is 5.53. The molecule has 0 fully saturated rings. The fourth-order valence-electron chi connectivity index (χ4n) is 2.39. The summed E-state index contributed by atoms with van der Waals surface area (Å²) in [6.45, 7) is 0. The predicted molar refractivity (Wildman–Crippen MR) is 97.9 cm³/mol. The van der Waals surface area contributed by atoms with E-state index in [1.165, 1.54) is 31.4 Å². The molecule has 1 heterocycles. The monoisotopic (exact) mass is 444 g/mol. The van der Waals surface area contributed by atoms with Crippen LogP contribution in [0, 0.1) is 29.1 Å².